The molecule has 0 radical (unpaired) electrons. The maximum atomic E-state index is 12.2. The molecule has 1 aromatic carbocycles. The third-order valence-electron chi connectivity index (χ3n) is 2.63. The highest BCUT2D eigenvalue weighted by Gasteiger charge is 2.14. The average molecular weight is 445 g/mol. The Kier molecular flexibility index (Phi) is 7.56. The normalized spacial score (nSPS) is 10.4. The zero-order valence-electron chi connectivity index (χ0n) is 10.3. The first-order valence-corrected chi connectivity index (χ1v) is 8.40. The van der Waals surface area contributed by atoms with Gasteiger partial charge in [0.15, 0.2) is 0 Å². The molecule has 0 aliphatic carbocycles. The Morgan fingerprint density at radius 1 is 1.39 bits per heavy atom. The summed E-state index contributed by atoms with van der Waals surface area (Å²) in [4.78, 5) is 14.0. The number of carbonyl (C=O) groups is 1. The average Bonchev–Trinajstić information content (AvgIpc) is 2.36. The minimum absolute atomic E-state index is 0.0424. The molecular weight excluding hydrogens is 428 g/mol. The number of nitrogens with zero attached hydrogens (tertiary/aromatic N) is 1. The van der Waals surface area contributed by atoms with Gasteiger partial charge >= 0.3 is 0 Å². The molecule has 0 aliphatic rings. The van der Waals surface area contributed by atoms with E-state index in [1.807, 2.05) is 13.1 Å². The summed E-state index contributed by atoms with van der Waals surface area (Å²) in [6, 6.07) is 5.41. The van der Waals surface area contributed by atoms with Crippen molar-refractivity contribution < 1.29 is 4.79 Å². The Labute approximate surface area is 135 Å². The van der Waals surface area contributed by atoms with Crippen molar-refractivity contribution in [2.45, 2.75) is 19.3 Å². The van der Waals surface area contributed by atoms with Gasteiger partial charge in [-0.3, -0.25) is 4.79 Å². The second kappa shape index (κ2) is 8.38. The molecule has 0 heterocycles. The third kappa shape index (κ3) is 5.05. The molecule has 0 aliphatic heterocycles. The van der Waals surface area contributed by atoms with Crippen molar-refractivity contribution in [3.8, 4) is 0 Å². The van der Waals surface area contributed by atoms with Gasteiger partial charge in [0, 0.05) is 27.5 Å². The van der Waals surface area contributed by atoms with Gasteiger partial charge in [0.2, 0.25) is 0 Å². The van der Waals surface area contributed by atoms with Crippen LogP contribution in [0.3, 0.4) is 0 Å². The highest BCUT2D eigenvalue weighted by molar-refractivity contribution is 14.1. The van der Waals surface area contributed by atoms with Gasteiger partial charge in [-0.2, -0.15) is 0 Å². The van der Waals surface area contributed by atoms with E-state index in [0.29, 0.717) is 10.6 Å². The van der Waals surface area contributed by atoms with E-state index in [-0.39, 0.29) is 5.91 Å². The van der Waals surface area contributed by atoms with Gasteiger partial charge < -0.3 is 4.90 Å². The zero-order valence-corrected chi connectivity index (χ0v) is 14.8. The zero-order chi connectivity index (χ0) is 13.5. The van der Waals surface area contributed by atoms with E-state index >= 15 is 0 Å². The van der Waals surface area contributed by atoms with Crippen LogP contribution in [0.1, 0.15) is 29.6 Å². The van der Waals surface area contributed by atoms with Crippen LogP contribution in [0.15, 0.2) is 18.2 Å². The predicted molar refractivity (Wildman–Crippen MR) is 88.8 cm³/mol. The van der Waals surface area contributed by atoms with Gasteiger partial charge in [-0.05, 0) is 53.6 Å². The standard InChI is InChI=1S/C13H16BrClINO/c1-17(8-4-2-3-7-14)13(18)11-9-10(15)5-6-12(11)16/h5-6,9H,2-4,7-8H2,1H3. The molecule has 0 atom stereocenters. The van der Waals surface area contributed by atoms with Crippen LogP contribution in [0, 0.1) is 3.57 Å². The lowest BCUT2D eigenvalue weighted by Gasteiger charge is -2.18. The summed E-state index contributed by atoms with van der Waals surface area (Å²) in [6.07, 6.45) is 3.32. The number of unbranched alkanes of at least 4 members (excludes halogenated alkanes) is 2. The Balaban J connectivity index is 2.60. The van der Waals surface area contributed by atoms with Crippen LogP contribution in [0.2, 0.25) is 5.02 Å². The number of hydrogen-bond acceptors (Lipinski definition) is 1. The van der Waals surface area contributed by atoms with Crippen molar-refractivity contribution in [1.82, 2.24) is 4.90 Å². The Morgan fingerprint density at radius 3 is 2.78 bits per heavy atom. The molecule has 0 bridgehead atoms. The molecule has 2 nitrogen and oxygen atoms in total. The summed E-state index contributed by atoms with van der Waals surface area (Å²) in [5.41, 5.74) is 0.686. The van der Waals surface area contributed by atoms with Gasteiger partial charge in [-0.15, -0.1) is 0 Å². The van der Waals surface area contributed by atoms with E-state index < -0.39 is 0 Å². The number of hydrogen-bond donors (Lipinski definition) is 0. The lowest BCUT2D eigenvalue weighted by Crippen LogP contribution is -2.28. The van der Waals surface area contributed by atoms with Crippen LogP contribution in [-0.4, -0.2) is 29.7 Å². The molecule has 100 valence electrons. The van der Waals surface area contributed by atoms with E-state index in [0.717, 1.165) is 34.7 Å². The highest BCUT2D eigenvalue weighted by atomic mass is 127. The molecule has 0 fully saturated rings. The summed E-state index contributed by atoms with van der Waals surface area (Å²) in [6.45, 7) is 0.786. The maximum absolute atomic E-state index is 12.2. The largest absolute Gasteiger partial charge is 0.342 e. The van der Waals surface area contributed by atoms with Crippen molar-refractivity contribution in [1.29, 1.82) is 0 Å². The number of rotatable bonds is 6. The van der Waals surface area contributed by atoms with Crippen LogP contribution in [0.4, 0.5) is 0 Å². The highest BCUT2D eigenvalue weighted by Crippen LogP contribution is 2.19. The Morgan fingerprint density at radius 2 is 2.11 bits per heavy atom. The quantitative estimate of drug-likeness (QED) is 0.357. The van der Waals surface area contributed by atoms with Gasteiger partial charge in [0.1, 0.15) is 0 Å². The summed E-state index contributed by atoms with van der Waals surface area (Å²) in [7, 11) is 1.84. The summed E-state index contributed by atoms with van der Waals surface area (Å²) in [5.74, 6) is 0.0424. The fraction of sp³-hybridized carbons (Fsp3) is 0.462. The summed E-state index contributed by atoms with van der Waals surface area (Å²) >= 11 is 11.5. The first-order chi connectivity index (χ1) is 8.56. The minimum Gasteiger partial charge on any atom is -0.342 e. The lowest BCUT2D eigenvalue weighted by atomic mass is 10.2. The smallest absolute Gasteiger partial charge is 0.254 e. The molecule has 0 aromatic heterocycles. The van der Waals surface area contributed by atoms with Crippen molar-refractivity contribution >= 4 is 56.0 Å². The molecule has 0 saturated carbocycles. The van der Waals surface area contributed by atoms with Gasteiger partial charge in [0.25, 0.3) is 5.91 Å². The second-order valence-corrected chi connectivity index (χ2v) is 6.49. The molecule has 18 heavy (non-hydrogen) atoms. The molecule has 1 aromatic rings. The lowest BCUT2D eigenvalue weighted by molar-refractivity contribution is 0.0791. The Bertz CT molecular complexity index is 414. The van der Waals surface area contributed by atoms with E-state index in [1.54, 1.807) is 17.0 Å². The second-order valence-electron chi connectivity index (χ2n) is 4.10. The predicted octanol–water partition coefficient (Wildman–Crippen LogP) is 4.58. The molecule has 1 amide bonds. The first kappa shape index (κ1) is 16.2. The van der Waals surface area contributed by atoms with Crippen LogP contribution in [-0.2, 0) is 0 Å². The molecule has 0 saturated heterocycles. The fourth-order valence-electron chi connectivity index (χ4n) is 1.59. The number of halogens is 3. The van der Waals surface area contributed by atoms with Crippen LogP contribution in [0.5, 0.6) is 0 Å². The SMILES string of the molecule is CN(CCCCCBr)C(=O)c1cc(Cl)ccc1I. The summed E-state index contributed by atoms with van der Waals surface area (Å²) in [5, 5.41) is 1.63. The van der Waals surface area contributed by atoms with E-state index in [9.17, 15) is 4.79 Å². The van der Waals surface area contributed by atoms with Crippen LogP contribution < -0.4 is 0 Å². The monoisotopic (exact) mass is 443 g/mol. The fourth-order valence-corrected chi connectivity index (χ4v) is 2.72. The number of alkyl halides is 1. The van der Waals surface area contributed by atoms with Crippen molar-refractivity contribution in [3.63, 3.8) is 0 Å². The van der Waals surface area contributed by atoms with Crippen molar-refractivity contribution in [3.05, 3.63) is 32.4 Å². The van der Waals surface area contributed by atoms with Crippen LogP contribution in [0.25, 0.3) is 0 Å². The first-order valence-electron chi connectivity index (χ1n) is 5.82. The van der Waals surface area contributed by atoms with Crippen molar-refractivity contribution in [2.75, 3.05) is 18.9 Å². The van der Waals surface area contributed by atoms with Crippen molar-refractivity contribution in [2.24, 2.45) is 0 Å². The van der Waals surface area contributed by atoms with E-state index in [4.69, 9.17) is 11.6 Å². The van der Waals surface area contributed by atoms with E-state index in [2.05, 4.69) is 38.5 Å². The van der Waals surface area contributed by atoms with Crippen LogP contribution >= 0.6 is 50.1 Å². The molecule has 1 rings (SSSR count). The molecule has 0 spiro atoms. The summed E-state index contributed by atoms with van der Waals surface area (Å²) < 4.78 is 0.939. The van der Waals surface area contributed by atoms with Gasteiger partial charge in [0.05, 0.1) is 5.56 Å². The number of benzene rings is 1. The molecule has 5 heteroatoms. The minimum atomic E-state index is 0.0424. The third-order valence-corrected chi connectivity index (χ3v) is 4.37. The van der Waals surface area contributed by atoms with E-state index in [1.165, 1.54) is 0 Å². The molecular formula is C13H16BrClINO. The molecule has 0 unspecified atom stereocenters. The number of carbonyl (C=O) groups excluding carboxylic acids is 1. The van der Waals surface area contributed by atoms with Gasteiger partial charge in [-0.25, -0.2) is 0 Å². The molecule has 0 N–H and O–H groups in total. The Hall–Kier alpha value is 0.190. The topological polar surface area (TPSA) is 20.3 Å². The van der Waals surface area contributed by atoms with Gasteiger partial charge in [-0.1, -0.05) is 34.0 Å². The maximum Gasteiger partial charge on any atom is 0.254 e. The number of amides is 1.